The average molecular weight is 473 g/mol. The molecular weight excluding hydrogens is 436 g/mol. The van der Waals surface area contributed by atoms with E-state index in [0.29, 0.717) is 17.6 Å². The fraction of sp³-hybridized carbons (Fsp3) is 0.667. The molecule has 0 unspecified atom stereocenters. The Hall–Kier alpha value is -2.25. The van der Waals surface area contributed by atoms with Gasteiger partial charge < -0.3 is 19.7 Å². The number of ketones is 1. The van der Waals surface area contributed by atoms with Gasteiger partial charge in [-0.1, -0.05) is 39.0 Å². The Morgan fingerprint density at radius 1 is 1.26 bits per heavy atom. The first kappa shape index (κ1) is 24.9. The molecule has 4 aliphatic carbocycles. The van der Waals surface area contributed by atoms with Gasteiger partial charge >= 0.3 is 11.9 Å². The van der Waals surface area contributed by atoms with Crippen molar-refractivity contribution in [3.05, 3.63) is 34.9 Å². The highest BCUT2D eigenvalue weighted by Crippen LogP contribution is 2.71. The van der Waals surface area contributed by atoms with Gasteiger partial charge in [-0.25, -0.2) is 4.79 Å². The zero-order valence-electron chi connectivity index (χ0n) is 21.0. The molecule has 0 aromatic rings. The van der Waals surface area contributed by atoms with Crippen LogP contribution in [-0.2, 0) is 23.9 Å². The Balaban J connectivity index is 1.90. The summed E-state index contributed by atoms with van der Waals surface area (Å²) in [7, 11) is 0. The summed E-state index contributed by atoms with van der Waals surface area (Å²) in [5, 5.41) is 24.1. The molecule has 1 spiro atoms. The highest BCUT2D eigenvalue weighted by Gasteiger charge is 2.76. The van der Waals surface area contributed by atoms with Crippen LogP contribution in [0.15, 0.2) is 34.9 Å². The summed E-state index contributed by atoms with van der Waals surface area (Å²) >= 11 is 0. The Kier molecular flexibility index (Phi) is 5.77. The fourth-order valence-corrected chi connectivity index (χ4v) is 7.08. The monoisotopic (exact) mass is 472 g/mol. The third-order valence-electron chi connectivity index (χ3n) is 9.14. The predicted molar refractivity (Wildman–Crippen MR) is 124 cm³/mol. The van der Waals surface area contributed by atoms with E-state index in [1.165, 1.54) is 6.92 Å². The fourth-order valence-electron chi connectivity index (χ4n) is 7.08. The van der Waals surface area contributed by atoms with E-state index in [4.69, 9.17) is 9.47 Å². The molecule has 2 bridgehead atoms. The molecule has 7 heteroatoms. The van der Waals surface area contributed by atoms with Crippen LogP contribution in [0.2, 0.25) is 0 Å². The first-order chi connectivity index (χ1) is 15.7. The maximum absolute atomic E-state index is 14.4. The third kappa shape index (κ3) is 3.12. The van der Waals surface area contributed by atoms with Crippen molar-refractivity contribution in [2.75, 3.05) is 6.61 Å². The molecule has 0 amide bonds. The number of ether oxygens (including phenoxy) is 2. The lowest BCUT2D eigenvalue weighted by molar-refractivity contribution is -0.201. The molecule has 2 fully saturated rings. The Morgan fingerprint density at radius 3 is 2.50 bits per heavy atom. The molecule has 0 aromatic heterocycles. The van der Waals surface area contributed by atoms with Gasteiger partial charge in [0.15, 0.2) is 17.5 Å². The largest absolute Gasteiger partial charge is 0.461 e. The summed E-state index contributed by atoms with van der Waals surface area (Å²) < 4.78 is 11.0. The van der Waals surface area contributed by atoms with Crippen molar-refractivity contribution < 1.29 is 34.1 Å². The molecule has 8 atom stereocenters. The first-order valence-electron chi connectivity index (χ1n) is 12.1. The minimum Gasteiger partial charge on any atom is -0.461 e. The van der Waals surface area contributed by atoms with Crippen molar-refractivity contribution in [1.82, 2.24) is 0 Å². The van der Waals surface area contributed by atoms with E-state index in [0.717, 1.165) is 0 Å². The van der Waals surface area contributed by atoms with E-state index in [2.05, 4.69) is 13.8 Å². The molecule has 0 aliphatic heterocycles. The number of esters is 2. The Bertz CT molecular complexity index is 1030. The van der Waals surface area contributed by atoms with Crippen LogP contribution in [0.4, 0.5) is 0 Å². The summed E-state index contributed by atoms with van der Waals surface area (Å²) in [5.74, 6) is -1.83. The Morgan fingerprint density at radius 2 is 1.91 bits per heavy atom. The van der Waals surface area contributed by atoms with E-state index in [-0.39, 0.29) is 41.1 Å². The second-order valence-electron chi connectivity index (χ2n) is 11.2. The number of hydrogen-bond donors (Lipinski definition) is 2. The predicted octanol–water partition coefficient (Wildman–Crippen LogP) is 2.90. The molecule has 4 rings (SSSR count). The number of Topliss-reactive ketones (excluding diaryl/α,β-unsaturated/α-hetero) is 1. The smallest absolute Gasteiger partial charge is 0.334 e. The third-order valence-corrected chi connectivity index (χ3v) is 9.14. The second-order valence-corrected chi connectivity index (χ2v) is 11.2. The molecular formula is C27H36O7. The molecule has 4 aliphatic rings. The molecule has 0 radical (unpaired) electrons. The van der Waals surface area contributed by atoms with Crippen LogP contribution >= 0.6 is 0 Å². The van der Waals surface area contributed by atoms with Gasteiger partial charge in [-0.3, -0.25) is 9.59 Å². The zero-order chi connectivity index (χ0) is 25.4. The standard InChI is InChI=1S/C27H36O7/c1-8-13(2)24(31)34-23-14(3)11-26-15(4)9-19-20(25(19,6)7)18(22(26)30)10-17(12-33-16(5)28)21(29)27(23,26)32/h8,10-11,15,18-21,23,29,32H,9,12H2,1-7H3/b13-8-/t15-,18-,19-,20+,21-,23+,26+,27+/m1/s1. The topological polar surface area (TPSA) is 110 Å². The van der Waals surface area contributed by atoms with Gasteiger partial charge in [0.25, 0.3) is 0 Å². The van der Waals surface area contributed by atoms with Gasteiger partial charge in [0.05, 0.1) is 5.41 Å². The number of aliphatic hydroxyl groups excluding tert-OH is 1. The lowest BCUT2D eigenvalue weighted by Gasteiger charge is -2.48. The number of hydrogen-bond acceptors (Lipinski definition) is 7. The minimum atomic E-state index is -2.13. The van der Waals surface area contributed by atoms with Crippen LogP contribution in [0.5, 0.6) is 0 Å². The van der Waals surface area contributed by atoms with Crippen molar-refractivity contribution >= 4 is 17.7 Å². The normalized spacial score (nSPS) is 42.4. The molecule has 186 valence electrons. The van der Waals surface area contributed by atoms with E-state index < -0.39 is 41.1 Å². The maximum Gasteiger partial charge on any atom is 0.334 e. The molecule has 0 aromatic carbocycles. The highest BCUT2D eigenvalue weighted by atomic mass is 16.6. The second kappa shape index (κ2) is 7.89. The molecule has 0 heterocycles. The van der Waals surface area contributed by atoms with Crippen molar-refractivity contribution in [1.29, 1.82) is 0 Å². The zero-order valence-corrected chi connectivity index (χ0v) is 21.0. The van der Waals surface area contributed by atoms with Crippen LogP contribution in [0.1, 0.15) is 54.9 Å². The van der Waals surface area contributed by atoms with Gasteiger partial charge in [0.2, 0.25) is 0 Å². The summed E-state index contributed by atoms with van der Waals surface area (Å²) in [6.45, 7) is 12.3. The van der Waals surface area contributed by atoms with Gasteiger partial charge in [0.1, 0.15) is 12.7 Å². The SMILES string of the molecule is C/C=C(/C)C(=O)O[C@H]1C(C)=C[C@]23C(=O)[C@H](C=C(COC(C)=O)[C@@H](O)[C@]12O)[C@H]1[C@@H](C[C@H]3C)C1(C)C. The van der Waals surface area contributed by atoms with Crippen molar-refractivity contribution in [3.63, 3.8) is 0 Å². The summed E-state index contributed by atoms with van der Waals surface area (Å²) in [6.07, 6.45) is 2.96. The maximum atomic E-state index is 14.4. The van der Waals surface area contributed by atoms with Crippen LogP contribution < -0.4 is 0 Å². The number of aliphatic hydroxyl groups is 2. The molecule has 0 saturated heterocycles. The lowest BCUT2D eigenvalue weighted by atomic mass is 9.59. The number of carbonyl (C=O) groups excluding carboxylic acids is 3. The van der Waals surface area contributed by atoms with Crippen molar-refractivity contribution in [2.45, 2.75) is 72.7 Å². The molecule has 2 N–H and O–H groups in total. The van der Waals surface area contributed by atoms with Crippen LogP contribution in [0.3, 0.4) is 0 Å². The van der Waals surface area contributed by atoms with Crippen LogP contribution in [-0.4, -0.2) is 52.4 Å². The minimum absolute atomic E-state index is 0.0566. The van der Waals surface area contributed by atoms with E-state index in [1.807, 2.05) is 6.92 Å². The van der Waals surface area contributed by atoms with Crippen LogP contribution in [0, 0.1) is 34.5 Å². The first-order valence-corrected chi connectivity index (χ1v) is 12.1. The number of fused-ring (bicyclic) bond motifs is 3. The Labute approximate surface area is 200 Å². The van der Waals surface area contributed by atoms with Gasteiger partial charge in [-0.05, 0) is 61.5 Å². The quantitative estimate of drug-likeness (QED) is 0.368. The molecule has 2 saturated carbocycles. The van der Waals surface area contributed by atoms with Gasteiger partial charge in [-0.15, -0.1) is 0 Å². The lowest BCUT2D eigenvalue weighted by Crippen LogP contribution is -2.65. The van der Waals surface area contributed by atoms with Gasteiger partial charge in [-0.2, -0.15) is 0 Å². The average Bonchev–Trinajstić information content (AvgIpc) is 3.26. The van der Waals surface area contributed by atoms with Crippen LogP contribution in [0.25, 0.3) is 0 Å². The molecule has 7 nitrogen and oxygen atoms in total. The molecule has 34 heavy (non-hydrogen) atoms. The number of allylic oxidation sites excluding steroid dienone is 2. The number of carbonyl (C=O) groups is 3. The number of rotatable bonds is 4. The summed E-state index contributed by atoms with van der Waals surface area (Å²) in [5.41, 5.74) is -2.47. The highest BCUT2D eigenvalue weighted by molar-refractivity contribution is 5.96. The van der Waals surface area contributed by atoms with E-state index in [9.17, 15) is 24.6 Å². The summed E-state index contributed by atoms with van der Waals surface area (Å²) in [4.78, 5) is 38.7. The van der Waals surface area contributed by atoms with Gasteiger partial charge in [0, 0.05) is 18.4 Å². The van der Waals surface area contributed by atoms with E-state index >= 15 is 0 Å². The van der Waals surface area contributed by atoms with E-state index in [1.54, 1.807) is 39.0 Å². The van der Waals surface area contributed by atoms with Crippen molar-refractivity contribution in [3.8, 4) is 0 Å². The van der Waals surface area contributed by atoms with Crippen molar-refractivity contribution in [2.24, 2.45) is 34.5 Å². The summed E-state index contributed by atoms with van der Waals surface area (Å²) in [6, 6.07) is 0.